The van der Waals surface area contributed by atoms with Crippen LogP contribution in [0.5, 0.6) is 0 Å². The van der Waals surface area contributed by atoms with Crippen LogP contribution in [-0.4, -0.2) is 88.3 Å². The van der Waals surface area contributed by atoms with Crippen molar-refractivity contribution in [1.29, 1.82) is 0 Å². The second-order valence-electron chi connectivity index (χ2n) is 4.96. The van der Waals surface area contributed by atoms with Crippen molar-refractivity contribution >= 4 is 0 Å². The van der Waals surface area contributed by atoms with E-state index < -0.39 is 0 Å². The Kier molecular flexibility index (Phi) is 7.96. The van der Waals surface area contributed by atoms with Gasteiger partial charge in [0.1, 0.15) is 0 Å². The molecule has 0 bridgehead atoms. The van der Waals surface area contributed by atoms with Crippen molar-refractivity contribution in [3.05, 3.63) is 0 Å². The maximum atomic E-state index is 2.35. The van der Waals surface area contributed by atoms with Crippen LogP contribution >= 0.6 is 0 Å². The van der Waals surface area contributed by atoms with Gasteiger partial charge in [0.25, 0.3) is 0 Å². The van der Waals surface area contributed by atoms with Crippen LogP contribution in [-0.2, 0) is 0 Å². The molecule has 0 aromatic rings. The summed E-state index contributed by atoms with van der Waals surface area (Å²) in [5, 5.41) is 0. The van der Waals surface area contributed by atoms with E-state index in [2.05, 4.69) is 61.9 Å². The van der Waals surface area contributed by atoms with E-state index in [-0.39, 0.29) is 0 Å². The van der Waals surface area contributed by atoms with Crippen LogP contribution in [0.15, 0.2) is 0 Å². The van der Waals surface area contributed by atoms with Gasteiger partial charge in [0.2, 0.25) is 0 Å². The lowest BCUT2D eigenvalue weighted by atomic mass is 10.4. The van der Waals surface area contributed by atoms with Gasteiger partial charge in [0, 0.05) is 26.4 Å². The van der Waals surface area contributed by atoms with Gasteiger partial charge in [-0.05, 0) is 48.7 Å². The zero-order chi connectivity index (χ0) is 11.8. The van der Waals surface area contributed by atoms with E-state index in [4.69, 9.17) is 0 Å². The van der Waals surface area contributed by atoms with E-state index in [9.17, 15) is 0 Å². The predicted octanol–water partition coefficient (Wildman–Crippen LogP) is 0.278. The predicted molar refractivity (Wildman–Crippen MR) is 67.0 cm³/mol. The molecule has 4 heteroatoms. The van der Waals surface area contributed by atoms with E-state index in [1.165, 1.54) is 6.42 Å². The second-order valence-corrected chi connectivity index (χ2v) is 4.96. The Balaban J connectivity index is 3.44. The first-order valence-electron chi connectivity index (χ1n) is 5.58. The van der Waals surface area contributed by atoms with Gasteiger partial charge in [-0.2, -0.15) is 0 Å². The Morgan fingerprint density at radius 1 is 0.600 bits per heavy atom. The highest BCUT2D eigenvalue weighted by Gasteiger charge is 2.02. The summed E-state index contributed by atoms with van der Waals surface area (Å²) >= 11 is 0. The second kappa shape index (κ2) is 8.05. The smallest absolute Gasteiger partial charge is 0.0497 e. The average molecular weight is 216 g/mol. The average Bonchev–Trinajstić information content (AvgIpc) is 2.00. The van der Waals surface area contributed by atoms with Crippen molar-refractivity contribution in [2.75, 3.05) is 68.7 Å². The maximum Gasteiger partial charge on any atom is 0.0497 e. The highest BCUT2D eigenvalue weighted by atomic mass is 15.3. The molecule has 0 atom stereocenters. The molecular formula is C11H28N4. The number of hydrogen-bond donors (Lipinski definition) is 0. The first-order valence-corrected chi connectivity index (χ1v) is 5.58. The first kappa shape index (κ1) is 14.8. The summed E-state index contributed by atoms with van der Waals surface area (Å²) in [6, 6.07) is 0. The Hall–Kier alpha value is -0.160. The van der Waals surface area contributed by atoms with Crippen molar-refractivity contribution in [2.45, 2.75) is 6.42 Å². The molecule has 15 heavy (non-hydrogen) atoms. The molecular weight excluding hydrogens is 188 g/mol. The number of hydrogen-bond acceptors (Lipinski definition) is 4. The molecule has 0 aliphatic rings. The van der Waals surface area contributed by atoms with E-state index in [1.807, 2.05) is 0 Å². The number of nitrogens with zero attached hydrogens (tertiary/aromatic N) is 4. The van der Waals surface area contributed by atoms with Crippen LogP contribution in [0.3, 0.4) is 0 Å². The van der Waals surface area contributed by atoms with Gasteiger partial charge < -0.3 is 0 Å². The molecule has 0 N–H and O–H groups in total. The van der Waals surface area contributed by atoms with Gasteiger partial charge in [0.15, 0.2) is 0 Å². The molecule has 0 saturated carbocycles. The third-order valence-corrected chi connectivity index (χ3v) is 2.13. The van der Waals surface area contributed by atoms with Crippen molar-refractivity contribution in [2.24, 2.45) is 0 Å². The van der Waals surface area contributed by atoms with Crippen LogP contribution in [0.1, 0.15) is 6.42 Å². The molecule has 0 aromatic carbocycles. The van der Waals surface area contributed by atoms with Gasteiger partial charge in [0.05, 0.1) is 0 Å². The molecule has 0 rings (SSSR count). The first-order chi connectivity index (χ1) is 6.91. The minimum Gasteiger partial charge on any atom is -0.297 e. The maximum absolute atomic E-state index is 2.35. The van der Waals surface area contributed by atoms with E-state index in [1.54, 1.807) is 0 Å². The van der Waals surface area contributed by atoms with Gasteiger partial charge in [-0.25, -0.2) is 0 Å². The zero-order valence-corrected chi connectivity index (χ0v) is 11.3. The Morgan fingerprint density at radius 2 is 0.933 bits per heavy atom. The van der Waals surface area contributed by atoms with E-state index >= 15 is 0 Å². The quantitative estimate of drug-likeness (QED) is 0.540. The van der Waals surface area contributed by atoms with Gasteiger partial charge in [-0.15, -0.1) is 0 Å². The molecule has 0 aromatic heterocycles. The largest absolute Gasteiger partial charge is 0.297 e. The minimum absolute atomic E-state index is 1.04. The normalized spacial score (nSPS) is 12.4. The van der Waals surface area contributed by atoms with Crippen LogP contribution in [0.4, 0.5) is 0 Å². The summed E-state index contributed by atoms with van der Waals surface area (Å²) in [5.41, 5.74) is 0. The van der Waals surface area contributed by atoms with Gasteiger partial charge >= 0.3 is 0 Å². The van der Waals surface area contributed by atoms with Crippen LogP contribution in [0.25, 0.3) is 0 Å². The van der Waals surface area contributed by atoms with Crippen LogP contribution in [0, 0.1) is 0 Å². The summed E-state index contributed by atoms with van der Waals surface area (Å²) < 4.78 is 0. The molecule has 0 aliphatic heterocycles. The summed E-state index contributed by atoms with van der Waals surface area (Å²) in [6.45, 7) is 4.40. The Bertz CT molecular complexity index is 132. The van der Waals surface area contributed by atoms with Gasteiger partial charge in [-0.3, -0.25) is 19.6 Å². The van der Waals surface area contributed by atoms with Crippen molar-refractivity contribution in [3.63, 3.8) is 0 Å². The fourth-order valence-electron chi connectivity index (χ4n) is 1.72. The highest BCUT2D eigenvalue weighted by molar-refractivity contribution is 4.54. The van der Waals surface area contributed by atoms with Gasteiger partial charge in [-0.1, -0.05) is 0 Å². The lowest BCUT2D eigenvalue weighted by Gasteiger charge is -2.24. The molecule has 4 nitrogen and oxygen atoms in total. The lowest BCUT2D eigenvalue weighted by Crippen LogP contribution is -2.34. The summed E-state index contributed by atoms with van der Waals surface area (Å²) in [7, 11) is 12.8. The standard InChI is InChI=1S/C11H28N4/c1-12(2)10-14(5)8-7-9-15(6)11-13(3)4/h7-11H2,1-6H3. The minimum atomic E-state index is 1.04. The molecule has 0 aliphatic carbocycles. The van der Waals surface area contributed by atoms with E-state index in [0.29, 0.717) is 0 Å². The summed E-state index contributed by atoms with van der Waals surface area (Å²) in [4.78, 5) is 9.10. The van der Waals surface area contributed by atoms with E-state index in [0.717, 1.165) is 26.4 Å². The Morgan fingerprint density at radius 3 is 1.20 bits per heavy atom. The monoisotopic (exact) mass is 216 g/mol. The molecule has 0 saturated heterocycles. The van der Waals surface area contributed by atoms with Crippen molar-refractivity contribution < 1.29 is 0 Å². The van der Waals surface area contributed by atoms with Crippen LogP contribution < -0.4 is 0 Å². The Labute approximate surface area is 95.4 Å². The fraction of sp³-hybridized carbons (Fsp3) is 1.00. The molecule has 0 unspecified atom stereocenters. The zero-order valence-electron chi connectivity index (χ0n) is 11.3. The molecule has 0 heterocycles. The third-order valence-electron chi connectivity index (χ3n) is 2.13. The highest BCUT2D eigenvalue weighted by Crippen LogP contribution is 1.92. The molecule has 0 fully saturated rings. The topological polar surface area (TPSA) is 13.0 Å². The number of rotatable bonds is 8. The molecule has 92 valence electrons. The van der Waals surface area contributed by atoms with Crippen molar-refractivity contribution in [1.82, 2.24) is 19.6 Å². The fourth-order valence-corrected chi connectivity index (χ4v) is 1.72. The SMILES string of the molecule is CN(C)CN(C)CCCN(C)CN(C)C. The molecule has 0 amide bonds. The lowest BCUT2D eigenvalue weighted by molar-refractivity contribution is 0.178. The van der Waals surface area contributed by atoms with Crippen molar-refractivity contribution in [3.8, 4) is 0 Å². The molecule has 0 spiro atoms. The third kappa shape index (κ3) is 10.1. The summed E-state index contributed by atoms with van der Waals surface area (Å²) in [6.07, 6.45) is 1.23. The summed E-state index contributed by atoms with van der Waals surface area (Å²) in [5.74, 6) is 0. The molecule has 0 radical (unpaired) electrons. The van der Waals surface area contributed by atoms with Crippen LogP contribution in [0.2, 0.25) is 0 Å².